The second kappa shape index (κ2) is 5.41. The Morgan fingerprint density at radius 1 is 1.35 bits per heavy atom. The maximum absolute atomic E-state index is 10.8. The molecule has 106 valence electrons. The lowest BCUT2D eigenvalue weighted by Gasteiger charge is -2.38. The van der Waals surface area contributed by atoms with E-state index in [0.717, 1.165) is 37.2 Å². The van der Waals surface area contributed by atoms with Gasteiger partial charge in [0.15, 0.2) is 0 Å². The second-order valence-electron chi connectivity index (χ2n) is 6.20. The molecule has 20 heavy (non-hydrogen) atoms. The number of carbonyl (C=O) groups excluding carboxylic acids is 1. The molecule has 2 aliphatic carbocycles. The Kier molecular flexibility index (Phi) is 3.62. The van der Waals surface area contributed by atoms with Gasteiger partial charge in [0.1, 0.15) is 11.3 Å². The van der Waals surface area contributed by atoms with Crippen LogP contribution in [-0.2, 0) is 10.3 Å². The molecule has 0 heterocycles. The van der Waals surface area contributed by atoms with Gasteiger partial charge >= 0.3 is 0 Å². The fourth-order valence-electron chi connectivity index (χ4n) is 3.04. The summed E-state index contributed by atoms with van der Waals surface area (Å²) in [5.41, 5.74) is 1.89. The van der Waals surface area contributed by atoms with Gasteiger partial charge in [0.25, 0.3) is 0 Å². The second-order valence-corrected chi connectivity index (χ2v) is 6.20. The summed E-state index contributed by atoms with van der Waals surface area (Å²) in [5, 5.41) is 0. The van der Waals surface area contributed by atoms with Crippen LogP contribution in [0.25, 0.3) is 0 Å². The van der Waals surface area contributed by atoms with E-state index in [-0.39, 0.29) is 5.54 Å². The van der Waals surface area contributed by atoms with Crippen molar-refractivity contribution in [1.29, 1.82) is 0 Å². The first-order valence-corrected chi connectivity index (χ1v) is 7.56. The third-order valence-corrected chi connectivity index (χ3v) is 4.78. The summed E-state index contributed by atoms with van der Waals surface area (Å²) in [6, 6.07) is 6.22. The molecule has 1 aromatic carbocycles. The van der Waals surface area contributed by atoms with Crippen LogP contribution >= 0.6 is 0 Å². The van der Waals surface area contributed by atoms with Gasteiger partial charge in [0.05, 0.1) is 6.61 Å². The SMILES string of the molecule is Cc1ccc(OCC2CCC2)c(C2(N=C=O)CCC2)c1. The molecule has 3 rings (SSSR count). The summed E-state index contributed by atoms with van der Waals surface area (Å²) in [5.74, 6) is 1.61. The zero-order valence-electron chi connectivity index (χ0n) is 12.0. The van der Waals surface area contributed by atoms with Gasteiger partial charge in [-0.2, -0.15) is 4.99 Å². The van der Waals surface area contributed by atoms with Crippen molar-refractivity contribution in [2.45, 2.75) is 51.0 Å². The molecule has 3 heteroatoms. The lowest BCUT2D eigenvalue weighted by molar-refractivity contribution is 0.171. The van der Waals surface area contributed by atoms with E-state index >= 15 is 0 Å². The predicted octanol–water partition coefficient (Wildman–Crippen LogP) is 3.89. The molecule has 2 aliphatic rings. The highest BCUT2D eigenvalue weighted by molar-refractivity contribution is 5.47. The lowest BCUT2D eigenvalue weighted by atomic mass is 9.71. The number of hydrogen-bond acceptors (Lipinski definition) is 3. The molecule has 0 unspecified atom stereocenters. The minimum absolute atomic E-state index is 0.372. The molecule has 0 saturated heterocycles. The number of rotatable bonds is 5. The van der Waals surface area contributed by atoms with E-state index in [1.54, 1.807) is 6.08 Å². The number of aryl methyl sites for hydroxylation is 1. The first kappa shape index (κ1) is 13.4. The molecule has 2 saturated carbocycles. The van der Waals surface area contributed by atoms with Crippen molar-refractivity contribution in [1.82, 2.24) is 0 Å². The van der Waals surface area contributed by atoms with Crippen LogP contribution in [0, 0.1) is 12.8 Å². The Bertz CT molecular complexity index is 538. The Balaban J connectivity index is 1.86. The molecule has 3 nitrogen and oxygen atoms in total. The largest absolute Gasteiger partial charge is 0.493 e. The zero-order valence-corrected chi connectivity index (χ0v) is 12.0. The first-order chi connectivity index (χ1) is 9.73. The van der Waals surface area contributed by atoms with Crippen molar-refractivity contribution in [3.05, 3.63) is 29.3 Å². The molecule has 0 aromatic heterocycles. The molecule has 0 N–H and O–H groups in total. The molecule has 2 fully saturated rings. The summed E-state index contributed by atoms with van der Waals surface area (Å²) in [6.45, 7) is 2.85. The number of hydrogen-bond donors (Lipinski definition) is 0. The smallest absolute Gasteiger partial charge is 0.235 e. The van der Waals surface area contributed by atoms with Crippen LogP contribution in [-0.4, -0.2) is 12.7 Å². The van der Waals surface area contributed by atoms with Crippen LogP contribution in [0.4, 0.5) is 0 Å². The summed E-state index contributed by atoms with van der Waals surface area (Å²) in [4.78, 5) is 14.9. The number of ether oxygens (including phenoxy) is 1. The maximum atomic E-state index is 10.8. The summed E-state index contributed by atoms with van der Waals surface area (Å²) in [6.07, 6.45) is 8.60. The summed E-state index contributed by atoms with van der Waals surface area (Å²) < 4.78 is 6.03. The van der Waals surface area contributed by atoms with Crippen molar-refractivity contribution < 1.29 is 9.53 Å². The molecule has 1 aromatic rings. The minimum atomic E-state index is -0.372. The normalized spacial score (nSPS) is 20.4. The van der Waals surface area contributed by atoms with E-state index in [4.69, 9.17) is 4.74 Å². The molecule has 0 bridgehead atoms. The molecule has 0 radical (unpaired) electrons. The van der Waals surface area contributed by atoms with Gasteiger partial charge in [-0.25, -0.2) is 4.79 Å². The van der Waals surface area contributed by atoms with E-state index in [2.05, 4.69) is 24.0 Å². The average Bonchev–Trinajstić information content (AvgIpc) is 2.33. The van der Waals surface area contributed by atoms with Gasteiger partial charge in [-0.15, -0.1) is 0 Å². The van der Waals surface area contributed by atoms with Crippen molar-refractivity contribution in [3.8, 4) is 5.75 Å². The molecule has 0 amide bonds. The van der Waals surface area contributed by atoms with Gasteiger partial charge in [-0.1, -0.05) is 18.1 Å². The van der Waals surface area contributed by atoms with Gasteiger partial charge in [0, 0.05) is 5.56 Å². The van der Waals surface area contributed by atoms with E-state index in [0.29, 0.717) is 5.92 Å². The third-order valence-electron chi connectivity index (χ3n) is 4.78. The lowest BCUT2D eigenvalue weighted by Crippen LogP contribution is -2.33. The highest BCUT2D eigenvalue weighted by Gasteiger charge is 2.41. The molecular formula is C17H21NO2. The van der Waals surface area contributed by atoms with Crippen molar-refractivity contribution in [3.63, 3.8) is 0 Å². The van der Waals surface area contributed by atoms with Crippen LogP contribution in [0.2, 0.25) is 0 Å². The van der Waals surface area contributed by atoms with Gasteiger partial charge in [0.2, 0.25) is 6.08 Å². The topological polar surface area (TPSA) is 38.7 Å². The van der Waals surface area contributed by atoms with Gasteiger partial charge in [-0.3, -0.25) is 0 Å². The Morgan fingerprint density at radius 2 is 2.15 bits per heavy atom. The van der Waals surface area contributed by atoms with Crippen molar-refractivity contribution in [2.24, 2.45) is 10.9 Å². The summed E-state index contributed by atoms with van der Waals surface area (Å²) >= 11 is 0. The standard InChI is InChI=1S/C17H21NO2/c1-13-6-7-16(20-11-14-4-2-5-14)15(10-13)17(18-12-19)8-3-9-17/h6-7,10,14H,2-5,8-9,11H2,1H3. The van der Waals surface area contributed by atoms with Crippen LogP contribution in [0.1, 0.15) is 49.7 Å². The van der Waals surface area contributed by atoms with Crippen LogP contribution < -0.4 is 4.74 Å². The number of aliphatic imine (C=N–C) groups is 1. The van der Waals surface area contributed by atoms with E-state index in [9.17, 15) is 4.79 Å². The highest BCUT2D eigenvalue weighted by Crippen LogP contribution is 2.48. The monoisotopic (exact) mass is 271 g/mol. The minimum Gasteiger partial charge on any atom is -0.493 e. The fourth-order valence-corrected chi connectivity index (χ4v) is 3.04. The van der Waals surface area contributed by atoms with E-state index in [1.165, 1.54) is 24.8 Å². The average molecular weight is 271 g/mol. The predicted molar refractivity (Wildman–Crippen MR) is 77.7 cm³/mol. The quantitative estimate of drug-likeness (QED) is 0.602. The fraction of sp³-hybridized carbons (Fsp3) is 0.588. The van der Waals surface area contributed by atoms with Crippen molar-refractivity contribution in [2.75, 3.05) is 6.61 Å². The number of isocyanates is 1. The molecule has 0 atom stereocenters. The van der Waals surface area contributed by atoms with E-state index < -0.39 is 0 Å². The van der Waals surface area contributed by atoms with Crippen LogP contribution in [0.15, 0.2) is 23.2 Å². The maximum Gasteiger partial charge on any atom is 0.235 e. The van der Waals surface area contributed by atoms with Gasteiger partial charge < -0.3 is 4.74 Å². The Hall–Kier alpha value is -1.60. The Morgan fingerprint density at radius 3 is 2.70 bits per heavy atom. The highest BCUT2D eigenvalue weighted by atomic mass is 16.5. The number of nitrogens with zero attached hydrogens (tertiary/aromatic N) is 1. The summed E-state index contributed by atoms with van der Waals surface area (Å²) in [7, 11) is 0. The first-order valence-electron chi connectivity index (χ1n) is 7.56. The molecular weight excluding hydrogens is 250 g/mol. The van der Waals surface area contributed by atoms with Crippen LogP contribution in [0.5, 0.6) is 5.75 Å². The van der Waals surface area contributed by atoms with E-state index in [1.807, 2.05) is 6.07 Å². The Labute approximate surface area is 120 Å². The number of benzene rings is 1. The molecule has 0 aliphatic heterocycles. The van der Waals surface area contributed by atoms with Crippen molar-refractivity contribution >= 4 is 6.08 Å². The van der Waals surface area contributed by atoms with Gasteiger partial charge in [-0.05, 0) is 57.1 Å². The molecule has 0 spiro atoms. The van der Waals surface area contributed by atoms with Crippen LogP contribution in [0.3, 0.4) is 0 Å². The third kappa shape index (κ3) is 2.38. The zero-order chi connectivity index (χ0) is 14.0.